The third kappa shape index (κ3) is 2.23. The van der Waals surface area contributed by atoms with Gasteiger partial charge in [-0.2, -0.15) is 5.10 Å². The number of aryl methyl sites for hydroxylation is 2. The smallest absolute Gasteiger partial charge is 0.160 e. The number of rotatable bonds is 2. The Morgan fingerprint density at radius 2 is 1.89 bits per heavy atom. The molecule has 0 bridgehead atoms. The third-order valence-electron chi connectivity index (χ3n) is 2.52. The molecule has 1 aromatic carbocycles. The largest absolute Gasteiger partial charge is 0.394 e. The molecule has 0 radical (unpaired) electrons. The highest BCUT2D eigenvalue weighted by Crippen LogP contribution is 2.31. The Kier molecular flexibility index (Phi) is 3.36. The monoisotopic (exact) mass is 288 g/mol. The van der Waals surface area contributed by atoms with E-state index in [4.69, 9.17) is 28.9 Å². The second kappa shape index (κ2) is 4.66. The van der Waals surface area contributed by atoms with Crippen molar-refractivity contribution < 1.29 is 4.39 Å². The number of nitrogens with two attached hydrogens (primary N) is 1. The lowest BCUT2D eigenvalue weighted by atomic mass is 10.3. The highest BCUT2D eigenvalue weighted by atomic mass is 35.5. The van der Waals surface area contributed by atoms with Crippen LogP contribution in [0.4, 0.5) is 21.6 Å². The summed E-state index contributed by atoms with van der Waals surface area (Å²) in [5, 5.41) is 7.06. The fourth-order valence-electron chi connectivity index (χ4n) is 1.59. The van der Waals surface area contributed by atoms with Crippen molar-refractivity contribution >= 4 is 40.4 Å². The van der Waals surface area contributed by atoms with Crippen LogP contribution in [0.3, 0.4) is 0 Å². The van der Waals surface area contributed by atoms with Gasteiger partial charge >= 0.3 is 0 Å². The summed E-state index contributed by atoms with van der Waals surface area (Å²) in [5.41, 5.74) is 7.64. The molecule has 1 aromatic heterocycles. The molecule has 0 aliphatic rings. The van der Waals surface area contributed by atoms with E-state index in [9.17, 15) is 4.39 Å². The summed E-state index contributed by atoms with van der Waals surface area (Å²) >= 11 is 11.4. The van der Waals surface area contributed by atoms with Crippen molar-refractivity contribution in [3.63, 3.8) is 0 Å². The van der Waals surface area contributed by atoms with Crippen LogP contribution in [0.2, 0.25) is 10.0 Å². The van der Waals surface area contributed by atoms with Gasteiger partial charge in [-0.3, -0.25) is 4.68 Å². The van der Waals surface area contributed by atoms with Crippen LogP contribution in [0.5, 0.6) is 0 Å². The summed E-state index contributed by atoms with van der Waals surface area (Å²) in [7, 11) is 1.75. The predicted molar refractivity (Wildman–Crippen MR) is 72.1 cm³/mol. The van der Waals surface area contributed by atoms with E-state index in [1.54, 1.807) is 18.7 Å². The molecule has 0 atom stereocenters. The van der Waals surface area contributed by atoms with E-state index in [-0.39, 0.29) is 10.0 Å². The van der Waals surface area contributed by atoms with Crippen LogP contribution in [0.15, 0.2) is 12.1 Å². The van der Waals surface area contributed by atoms with Crippen molar-refractivity contribution in [3.05, 3.63) is 33.7 Å². The molecule has 0 spiro atoms. The van der Waals surface area contributed by atoms with Gasteiger partial charge in [0.15, 0.2) is 11.6 Å². The van der Waals surface area contributed by atoms with Crippen molar-refractivity contribution in [2.45, 2.75) is 6.92 Å². The zero-order valence-electron chi connectivity index (χ0n) is 9.76. The molecule has 4 nitrogen and oxygen atoms in total. The van der Waals surface area contributed by atoms with Gasteiger partial charge in [0.05, 0.1) is 21.4 Å². The molecule has 2 rings (SSSR count). The van der Waals surface area contributed by atoms with Gasteiger partial charge in [0.25, 0.3) is 0 Å². The fourth-order valence-corrected chi connectivity index (χ4v) is 2.07. The van der Waals surface area contributed by atoms with E-state index in [0.717, 1.165) is 0 Å². The van der Waals surface area contributed by atoms with E-state index in [1.807, 2.05) is 0 Å². The van der Waals surface area contributed by atoms with Crippen molar-refractivity contribution in [2.75, 3.05) is 11.1 Å². The first-order valence-corrected chi connectivity index (χ1v) is 5.86. The SMILES string of the molecule is Cc1nn(C)c(Nc2cc(Cl)c(F)c(Cl)c2)c1N. The maximum atomic E-state index is 13.3. The molecule has 0 saturated heterocycles. The summed E-state index contributed by atoms with van der Waals surface area (Å²) in [6.07, 6.45) is 0. The molecule has 96 valence electrons. The first kappa shape index (κ1) is 13.0. The first-order valence-electron chi connectivity index (χ1n) is 5.10. The van der Waals surface area contributed by atoms with Crippen LogP contribution in [0, 0.1) is 12.7 Å². The van der Waals surface area contributed by atoms with Crippen LogP contribution in [0.25, 0.3) is 0 Å². The molecule has 0 fully saturated rings. The van der Waals surface area contributed by atoms with Gasteiger partial charge in [-0.15, -0.1) is 0 Å². The van der Waals surface area contributed by atoms with Crippen molar-refractivity contribution in [1.82, 2.24) is 9.78 Å². The molecule has 0 saturated carbocycles. The zero-order chi connectivity index (χ0) is 13.4. The third-order valence-corrected chi connectivity index (χ3v) is 3.07. The highest BCUT2D eigenvalue weighted by molar-refractivity contribution is 6.35. The topological polar surface area (TPSA) is 55.9 Å². The zero-order valence-corrected chi connectivity index (χ0v) is 11.3. The Hall–Kier alpha value is -1.46. The van der Waals surface area contributed by atoms with Crippen LogP contribution < -0.4 is 11.1 Å². The Morgan fingerprint density at radius 1 is 1.33 bits per heavy atom. The standard InChI is InChI=1S/C11H11Cl2FN4/c1-5-10(15)11(18(2)17-5)16-6-3-7(12)9(14)8(13)4-6/h3-4,16H,15H2,1-2H3. The van der Waals surface area contributed by atoms with Crippen LogP contribution in [-0.2, 0) is 7.05 Å². The maximum absolute atomic E-state index is 13.3. The molecule has 0 amide bonds. The van der Waals surface area contributed by atoms with Gasteiger partial charge in [0.1, 0.15) is 0 Å². The van der Waals surface area contributed by atoms with Crippen molar-refractivity contribution in [2.24, 2.45) is 7.05 Å². The number of anilines is 3. The minimum Gasteiger partial charge on any atom is -0.394 e. The Labute approximate surface area is 113 Å². The summed E-state index contributed by atoms with van der Waals surface area (Å²) in [6.45, 7) is 1.80. The van der Waals surface area contributed by atoms with Crippen molar-refractivity contribution in [1.29, 1.82) is 0 Å². The van der Waals surface area contributed by atoms with Gasteiger partial charge in [0, 0.05) is 12.7 Å². The molecule has 18 heavy (non-hydrogen) atoms. The van der Waals surface area contributed by atoms with Gasteiger partial charge in [-0.1, -0.05) is 23.2 Å². The summed E-state index contributed by atoms with van der Waals surface area (Å²) < 4.78 is 14.9. The quantitative estimate of drug-likeness (QED) is 0.832. The summed E-state index contributed by atoms with van der Waals surface area (Å²) in [5.74, 6) is -0.0377. The van der Waals surface area contributed by atoms with Crippen molar-refractivity contribution in [3.8, 4) is 0 Å². The molecule has 7 heteroatoms. The molecule has 2 aromatic rings. The van der Waals surface area contributed by atoms with E-state index in [2.05, 4.69) is 10.4 Å². The van der Waals surface area contributed by atoms with E-state index in [1.165, 1.54) is 12.1 Å². The lowest BCUT2D eigenvalue weighted by molar-refractivity contribution is 0.629. The Bertz CT molecular complexity index is 586. The second-order valence-electron chi connectivity index (χ2n) is 3.85. The summed E-state index contributed by atoms with van der Waals surface area (Å²) in [4.78, 5) is 0. The van der Waals surface area contributed by atoms with Crippen LogP contribution in [-0.4, -0.2) is 9.78 Å². The van der Waals surface area contributed by atoms with Gasteiger partial charge in [-0.05, 0) is 19.1 Å². The lowest BCUT2D eigenvalue weighted by Gasteiger charge is -2.09. The molecule has 0 aliphatic carbocycles. The average Bonchev–Trinajstić information content (AvgIpc) is 2.53. The first-order chi connectivity index (χ1) is 8.40. The highest BCUT2D eigenvalue weighted by Gasteiger charge is 2.12. The Morgan fingerprint density at radius 3 is 2.33 bits per heavy atom. The lowest BCUT2D eigenvalue weighted by Crippen LogP contribution is -2.01. The number of hydrogen-bond acceptors (Lipinski definition) is 3. The summed E-state index contributed by atoms with van der Waals surface area (Å²) in [6, 6.07) is 2.87. The number of nitrogen functional groups attached to an aromatic ring is 1. The molecule has 3 N–H and O–H groups in total. The molecule has 1 heterocycles. The normalized spacial score (nSPS) is 10.7. The average molecular weight is 289 g/mol. The van der Waals surface area contributed by atoms with Gasteiger partial charge in [0.2, 0.25) is 0 Å². The number of nitrogens with zero attached hydrogens (tertiary/aromatic N) is 2. The number of nitrogens with one attached hydrogen (secondary N) is 1. The number of halogens is 3. The van der Waals surface area contributed by atoms with Gasteiger partial charge in [-0.25, -0.2) is 4.39 Å². The molecular weight excluding hydrogens is 278 g/mol. The minimum atomic E-state index is -0.641. The van der Waals surface area contributed by atoms with E-state index < -0.39 is 5.82 Å². The number of aromatic nitrogens is 2. The fraction of sp³-hybridized carbons (Fsp3) is 0.182. The Balaban J connectivity index is 2.40. The number of benzene rings is 1. The second-order valence-corrected chi connectivity index (χ2v) is 4.66. The number of hydrogen-bond donors (Lipinski definition) is 2. The molecular formula is C11H11Cl2FN4. The minimum absolute atomic E-state index is 0.0533. The predicted octanol–water partition coefficient (Wildman–Crippen LogP) is 3.50. The van der Waals surface area contributed by atoms with Crippen LogP contribution in [0.1, 0.15) is 5.69 Å². The van der Waals surface area contributed by atoms with Gasteiger partial charge < -0.3 is 11.1 Å². The van der Waals surface area contributed by atoms with E-state index in [0.29, 0.717) is 22.9 Å². The molecule has 0 unspecified atom stereocenters. The maximum Gasteiger partial charge on any atom is 0.160 e. The van der Waals surface area contributed by atoms with E-state index >= 15 is 0 Å². The molecule has 0 aliphatic heterocycles. The van der Waals surface area contributed by atoms with Crippen LogP contribution >= 0.6 is 23.2 Å².